The van der Waals surface area contributed by atoms with E-state index in [1.54, 1.807) is 18.2 Å². The van der Waals surface area contributed by atoms with E-state index < -0.39 is 0 Å². The monoisotopic (exact) mass is 252 g/mol. The minimum atomic E-state index is 0.497. The third kappa shape index (κ3) is 2.49. The summed E-state index contributed by atoms with van der Waals surface area (Å²) in [6.07, 6.45) is 0. The Morgan fingerprint density at radius 3 is 2.19 bits per heavy atom. The normalized spacial score (nSPS) is 10.2. The van der Waals surface area contributed by atoms with Crippen molar-refractivity contribution in [1.82, 2.24) is 0 Å². The molecule has 2 rings (SSSR count). The van der Waals surface area contributed by atoms with Crippen LogP contribution in [0, 0.1) is 6.92 Å². The highest BCUT2D eigenvalue weighted by Crippen LogP contribution is 2.35. The highest BCUT2D eigenvalue weighted by Gasteiger charge is 2.07. The average molecular weight is 253 g/mol. The molecule has 0 saturated carbocycles. The maximum absolute atomic E-state index is 6.01. The molecule has 2 aromatic carbocycles. The number of hydrogen-bond acceptors (Lipinski definition) is 1. The SMILES string of the molecule is Cc1cccc(Oc2c(Cl)cccc2Cl)c1. The Hall–Kier alpha value is -1.18. The second-order valence-corrected chi connectivity index (χ2v) is 4.28. The van der Waals surface area contributed by atoms with Crippen LogP contribution in [0.5, 0.6) is 11.5 Å². The van der Waals surface area contributed by atoms with Crippen molar-refractivity contribution >= 4 is 23.2 Å². The summed E-state index contributed by atoms with van der Waals surface area (Å²) in [5.41, 5.74) is 1.13. The first kappa shape index (κ1) is 11.3. The quantitative estimate of drug-likeness (QED) is 0.723. The number of hydrogen-bond donors (Lipinski definition) is 0. The van der Waals surface area contributed by atoms with E-state index >= 15 is 0 Å². The summed E-state index contributed by atoms with van der Waals surface area (Å²) in [4.78, 5) is 0. The van der Waals surface area contributed by atoms with Gasteiger partial charge in [0, 0.05) is 0 Å². The Morgan fingerprint density at radius 1 is 0.938 bits per heavy atom. The smallest absolute Gasteiger partial charge is 0.164 e. The summed E-state index contributed by atoms with van der Waals surface area (Å²) in [6.45, 7) is 2.00. The molecule has 1 nitrogen and oxygen atoms in total. The van der Waals surface area contributed by atoms with Crippen LogP contribution >= 0.6 is 23.2 Å². The van der Waals surface area contributed by atoms with Crippen molar-refractivity contribution in [2.24, 2.45) is 0 Å². The van der Waals surface area contributed by atoms with Crippen LogP contribution in [0.15, 0.2) is 42.5 Å². The molecule has 0 radical (unpaired) electrons. The minimum Gasteiger partial charge on any atom is -0.454 e. The fourth-order valence-corrected chi connectivity index (χ4v) is 1.85. The fraction of sp³-hybridized carbons (Fsp3) is 0.0769. The lowest BCUT2D eigenvalue weighted by Gasteiger charge is -2.09. The molecule has 0 aliphatic carbocycles. The maximum atomic E-state index is 6.01. The number of ether oxygens (including phenoxy) is 1. The molecule has 0 saturated heterocycles. The van der Waals surface area contributed by atoms with Crippen molar-refractivity contribution in [1.29, 1.82) is 0 Å². The van der Waals surface area contributed by atoms with E-state index in [4.69, 9.17) is 27.9 Å². The Morgan fingerprint density at radius 2 is 1.56 bits per heavy atom. The van der Waals surface area contributed by atoms with E-state index in [2.05, 4.69) is 0 Å². The molecule has 3 heteroatoms. The largest absolute Gasteiger partial charge is 0.454 e. The lowest BCUT2D eigenvalue weighted by atomic mass is 10.2. The van der Waals surface area contributed by atoms with Crippen LogP contribution in [-0.2, 0) is 0 Å². The lowest BCUT2D eigenvalue weighted by Crippen LogP contribution is -1.86. The molecule has 2 aromatic rings. The standard InChI is InChI=1S/C13H10Cl2O/c1-9-4-2-5-10(8-9)16-13-11(14)6-3-7-12(13)15/h2-8H,1H3. The van der Waals surface area contributed by atoms with E-state index in [1.165, 1.54) is 0 Å². The van der Waals surface area contributed by atoms with Crippen molar-refractivity contribution in [2.75, 3.05) is 0 Å². The Bertz CT molecular complexity index is 489. The topological polar surface area (TPSA) is 9.23 Å². The molecule has 0 aliphatic rings. The van der Waals surface area contributed by atoms with Crippen LogP contribution in [0.1, 0.15) is 5.56 Å². The number of para-hydroxylation sites is 1. The predicted octanol–water partition coefficient (Wildman–Crippen LogP) is 5.09. The number of benzene rings is 2. The van der Waals surface area contributed by atoms with E-state index in [1.807, 2.05) is 31.2 Å². The molecule has 0 fully saturated rings. The maximum Gasteiger partial charge on any atom is 0.164 e. The third-order valence-corrected chi connectivity index (χ3v) is 2.72. The van der Waals surface area contributed by atoms with Crippen molar-refractivity contribution in [3.05, 3.63) is 58.1 Å². The first-order chi connectivity index (χ1) is 7.66. The molecule has 0 N–H and O–H groups in total. The van der Waals surface area contributed by atoms with Crippen LogP contribution in [0.3, 0.4) is 0 Å². The van der Waals surface area contributed by atoms with Gasteiger partial charge in [0.2, 0.25) is 0 Å². The molecular weight excluding hydrogens is 243 g/mol. The Balaban J connectivity index is 2.34. The molecular formula is C13H10Cl2O. The van der Waals surface area contributed by atoms with Crippen LogP contribution in [-0.4, -0.2) is 0 Å². The van der Waals surface area contributed by atoms with Gasteiger partial charge >= 0.3 is 0 Å². The average Bonchev–Trinajstić information content (AvgIpc) is 2.24. The first-order valence-corrected chi connectivity index (χ1v) is 5.61. The van der Waals surface area contributed by atoms with Gasteiger partial charge < -0.3 is 4.74 Å². The summed E-state index contributed by atoms with van der Waals surface area (Å²) in [6, 6.07) is 13.0. The summed E-state index contributed by atoms with van der Waals surface area (Å²) >= 11 is 12.0. The van der Waals surface area contributed by atoms with Crippen LogP contribution in [0.25, 0.3) is 0 Å². The zero-order valence-electron chi connectivity index (χ0n) is 8.71. The van der Waals surface area contributed by atoms with Gasteiger partial charge in [-0.15, -0.1) is 0 Å². The molecule has 0 amide bonds. The molecule has 0 atom stereocenters. The van der Waals surface area contributed by atoms with Gasteiger partial charge in [-0.25, -0.2) is 0 Å². The summed E-state index contributed by atoms with van der Waals surface area (Å²) in [5, 5.41) is 1.02. The highest BCUT2D eigenvalue weighted by molar-refractivity contribution is 6.37. The van der Waals surface area contributed by atoms with Gasteiger partial charge in [0.1, 0.15) is 5.75 Å². The molecule has 0 unspecified atom stereocenters. The van der Waals surface area contributed by atoms with E-state index in [9.17, 15) is 0 Å². The lowest BCUT2D eigenvalue weighted by molar-refractivity contribution is 0.483. The van der Waals surface area contributed by atoms with Gasteiger partial charge in [-0.05, 0) is 36.8 Å². The third-order valence-electron chi connectivity index (χ3n) is 2.13. The fourth-order valence-electron chi connectivity index (χ4n) is 1.38. The zero-order chi connectivity index (χ0) is 11.5. The Kier molecular flexibility index (Phi) is 3.37. The minimum absolute atomic E-state index is 0.497. The van der Waals surface area contributed by atoms with Crippen molar-refractivity contribution < 1.29 is 4.74 Å². The van der Waals surface area contributed by atoms with E-state index in [0.29, 0.717) is 15.8 Å². The van der Waals surface area contributed by atoms with E-state index in [0.717, 1.165) is 11.3 Å². The summed E-state index contributed by atoms with van der Waals surface area (Å²) in [7, 11) is 0. The highest BCUT2D eigenvalue weighted by atomic mass is 35.5. The molecule has 82 valence electrons. The molecule has 16 heavy (non-hydrogen) atoms. The van der Waals surface area contributed by atoms with Gasteiger partial charge in [-0.2, -0.15) is 0 Å². The second-order valence-electron chi connectivity index (χ2n) is 3.47. The van der Waals surface area contributed by atoms with Crippen LogP contribution < -0.4 is 4.74 Å². The van der Waals surface area contributed by atoms with Crippen molar-refractivity contribution in [2.45, 2.75) is 6.92 Å². The summed E-state index contributed by atoms with van der Waals surface area (Å²) < 4.78 is 5.66. The zero-order valence-corrected chi connectivity index (χ0v) is 10.2. The molecule has 0 aromatic heterocycles. The number of halogens is 2. The Labute approximate surface area is 105 Å². The van der Waals surface area contributed by atoms with Gasteiger partial charge in [0.05, 0.1) is 10.0 Å². The van der Waals surface area contributed by atoms with Crippen molar-refractivity contribution in [3.8, 4) is 11.5 Å². The summed E-state index contributed by atoms with van der Waals surface area (Å²) in [5.74, 6) is 1.23. The van der Waals surface area contributed by atoms with Crippen LogP contribution in [0.4, 0.5) is 0 Å². The molecule has 0 heterocycles. The van der Waals surface area contributed by atoms with Gasteiger partial charge in [0.15, 0.2) is 5.75 Å². The number of aryl methyl sites for hydroxylation is 1. The molecule has 0 spiro atoms. The molecule has 0 bridgehead atoms. The van der Waals surface area contributed by atoms with Crippen LogP contribution in [0.2, 0.25) is 10.0 Å². The molecule has 0 aliphatic heterocycles. The van der Waals surface area contributed by atoms with Crippen molar-refractivity contribution in [3.63, 3.8) is 0 Å². The van der Waals surface area contributed by atoms with Gasteiger partial charge in [0.25, 0.3) is 0 Å². The van der Waals surface area contributed by atoms with E-state index in [-0.39, 0.29) is 0 Å². The predicted molar refractivity (Wildman–Crippen MR) is 67.7 cm³/mol. The number of rotatable bonds is 2. The second kappa shape index (κ2) is 4.77. The van der Waals surface area contributed by atoms with Gasteiger partial charge in [-0.3, -0.25) is 0 Å². The first-order valence-electron chi connectivity index (χ1n) is 4.85. The van der Waals surface area contributed by atoms with Gasteiger partial charge in [-0.1, -0.05) is 41.4 Å².